The van der Waals surface area contributed by atoms with Gasteiger partial charge in [-0.25, -0.2) is 0 Å². The molecule has 30 heavy (non-hydrogen) atoms. The lowest BCUT2D eigenvalue weighted by Crippen LogP contribution is -2.59. The second-order valence-corrected chi connectivity index (χ2v) is 10.8. The number of ether oxygens (including phenoxy) is 2. The minimum atomic E-state index is -0.552. The number of hydrogen-bond donors (Lipinski definition) is 1. The van der Waals surface area contributed by atoms with Gasteiger partial charge in [0.1, 0.15) is 0 Å². The van der Waals surface area contributed by atoms with E-state index in [9.17, 15) is 4.79 Å². The van der Waals surface area contributed by atoms with E-state index < -0.39 is 11.6 Å². The number of nitrogens with zero attached hydrogens (tertiary/aromatic N) is 1. The van der Waals surface area contributed by atoms with Crippen LogP contribution in [0, 0.1) is 29.6 Å². The summed E-state index contributed by atoms with van der Waals surface area (Å²) < 4.78 is 12.1. The summed E-state index contributed by atoms with van der Waals surface area (Å²) in [7, 11) is 0. The summed E-state index contributed by atoms with van der Waals surface area (Å²) in [6.45, 7) is 4.38. The van der Waals surface area contributed by atoms with E-state index in [-0.39, 0.29) is 5.91 Å². The van der Waals surface area contributed by atoms with Gasteiger partial charge in [-0.2, -0.15) is 9.78 Å². The van der Waals surface area contributed by atoms with Crippen molar-refractivity contribution < 1.29 is 24.0 Å². The highest BCUT2D eigenvalue weighted by atomic mass is 17.3. The van der Waals surface area contributed by atoms with E-state index in [1.165, 1.54) is 32.1 Å². The summed E-state index contributed by atoms with van der Waals surface area (Å²) in [5, 5.41) is 3.14. The van der Waals surface area contributed by atoms with Crippen molar-refractivity contribution >= 4 is 5.91 Å². The molecule has 2 saturated heterocycles. The van der Waals surface area contributed by atoms with Gasteiger partial charge >= 0.3 is 0 Å². The predicted molar refractivity (Wildman–Crippen MR) is 108 cm³/mol. The van der Waals surface area contributed by atoms with Gasteiger partial charge in [-0.3, -0.25) is 9.69 Å². The van der Waals surface area contributed by atoms with Crippen LogP contribution in [-0.2, 0) is 24.0 Å². The Bertz CT molecular complexity index is 628. The summed E-state index contributed by atoms with van der Waals surface area (Å²) in [5.74, 6) is 2.41. The molecule has 7 rings (SSSR count). The number of hydrogen-bond acceptors (Lipinski definition) is 6. The van der Waals surface area contributed by atoms with Gasteiger partial charge in [0.05, 0.1) is 19.8 Å². The summed E-state index contributed by atoms with van der Waals surface area (Å²) in [6, 6.07) is 0. The molecule has 4 bridgehead atoms. The van der Waals surface area contributed by atoms with Gasteiger partial charge in [0, 0.05) is 44.3 Å². The van der Waals surface area contributed by atoms with Crippen LogP contribution in [0.2, 0.25) is 0 Å². The number of morpholine rings is 1. The lowest BCUT2D eigenvalue weighted by molar-refractivity contribution is -0.390. The Kier molecular flexibility index (Phi) is 5.11. The summed E-state index contributed by atoms with van der Waals surface area (Å²) in [5.41, 5.74) is 0. The third kappa shape index (κ3) is 3.51. The molecule has 0 atom stereocenters. The molecule has 7 aliphatic rings. The number of amides is 1. The summed E-state index contributed by atoms with van der Waals surface area (Å²) in [6.07, 6.45) is 10.2. The monoisotopic (exact) mass is 420 g/mol. The van der Waals surface area contributed by atoms with Crippen LogP contribution in [-0.4, -0.2) is 61.8 Å². The van der Waals surface area contributed by atoms with Crippen molar-refractivity contribution in [3.8, 4) is 0 Å². The van der Waals surface area contributed by atoms with Crippen LogP contribution in [0.25, 0.3) is 0 Å². The average molecular weight is 421 g/mol. The zero-order valence-electron chi connectivity index (χ0n) is 18.0. The van der Waals surface area contributed by atoms with Crippen molar-refractivity contribution in [3.05, 3.63) is 0 Å². The fraction of sp³-hybridized carbons (Fsp3) is 0.957. The molecular weight excluding hydrogens is 384 g/mol. The van der Waals surface area contributed by atoms with E-state index in [1.807, 2.05) is 0 Å². The third-order valence-electron chi connectivity index (χ3n) is 8.87. The maximum Gasteiger partial charge on any atom is 0.234 e. The molecule has 7 fully saturated rings. The Morgan fingerprint density at radius 1 is 0.933 bits per heavy atom. The molecule has 0 aromatic rings. The molecule has 1 amide bonds. The van der Waals surface area contributed by atoms with Gasteiger partial charge in [-0.1, -0.05) is 0 Å². The van der Waals surface area contributed by atoms with E-state index in [0.29, 0.717) is 24.3 Å². The van der Waals surface area contributed by atoms with Crippen molar-refractivity contribution in [2.45, 2.75) is 69.4 Å². The molecule has 7 nitrogen and oxygen atoms in total. The molecule has 2 spiro atoms. The molecule has 7 heteroatoms. The van der Waals surface area contributed by atoms with Crippen molar-refractivity contribution in [2.75, 3.05) is 39.4 Å². The van der Waals surface area contributed by atoms with Crippen molar-refractivity contribution in [3.63, 3.8) is 0 Å². The van der Waals surface area contributed by atoms with Crippen LogP contribution in [0.4, 0.5) is 0 Å². The lowest BCUT2D eigenvalue weighted by atomic mass is 9.53. The Morgan fingerprint density at radius 2 is 1.60 bits per heavy atom. The first-order valence-electron chi connectivity index (χ1n) is 12.3. The molecule has 0 aromatic heterocycles. The minimum Gasteiger partial charge on any atom is -0.379 e. The SMILES string of the molecule is O=C(CN1CCOCC1)NC[C@H]1CC[C@]2(CC1)OO[C@]1(O2)C2CC3CC(C2)CC1C3. The Morgan fingerprint density at radius 3 is 2.27 bits per heavy atom. The largest absolute Gasteiger partial charge is 0.379 e. The highest BCUT2D eigenvalue weighted by Crippen LogP contribution is 2.63. The second kappa shape index (κ2) is 7.69. The summed E-state index contributed by atoms with van der Waals surface area (Å²) in [4.78, 5) is 26.6. The molecule has 2 heterocycles. The average Bonchev–Trinajstić information content (AvgIpc) is 3.12. The van der Waals surface area contributed by atoms with E-state index in [2.05, 4.69) is 10.2 Å². The Labute approximate surface area is 179 Å². The maximum absolute atomic E-state index is 12.3. The molecule has 0 aromatic carbocycles. The number of nitrogens with one attached hydrogen (secondary N) is 1. The van der Waals surface area contributed by atoms with Crippen molar-refractivity contribution in [2.24, 2.45) is 29.6 Å². The first kappa shape index (κ1) is 19.9. The number of carbonyl (C=O) groups excluding carboxylic acids is 1. The van der Waals surface area contributed by atoms with E-state index in [1.54, 1.807) is 0 Å². The Balaban J connectivity index is 0.994. The first-order chi connectivity index (χ1) is 14.6. The van der Waals surface area contributed by atoms with E-state index in [4.69, 9.17) is 19.2 Å². The molecule has 2 aliphatic heterocycles. The van der Waals surface area contributed by atoms with Crippen LogP contribution < -0.4 is 5.32 Å². The number of rotatable bonds is 4. The quantitative estimate of drug-likeness (QED) is 0.705. The molecule has 5 saturated carbocycles. The van der Waals surface area contributed by atoms with Gasteiger partial charge in [0.15, 0.2) is 0 Å². The zero-order valence-corrected chi connectivity index (χ0v) is 18.0. The van der Waals surface area contributed by atoms with Crippen molar-refractivity contribution in [1.29, 1.82) is 0 Å². The normalized spacial score (nSPS) is 47.9. The smallest absolute Gasteiger partial charge is 0.234 e. The molecule has 0 unspecified atom stereocenters. The highest BCUT2D eigenvalue weighted by molar-refractivity contribution is 5.78. The van der Waals surface area contributed by atoms with Gasteiger partial charge < -0.3 is 14.8 Å². The molecule has 0 radical (unpaired) electrons. The van der Waals surface area contributed by atoms with Crippen LogP contribution in [0.15, 0.2) is 0 Å². The third-order valence-corrected chi connectivity index (χ3v) is 8.87. The molecule has 1 N–H and O–H groups in total. The van der Waals surface area contributed by atoms with Gasteiger partial charge in [0.2, 0.25) is 17.5 Å². The van der Waals surface area contributed by atoms with E-state index >= 15 is 0 Å². The van der Waals surface area contributed by atoms with Crippen molar-refractivity contribution in [1.82, 2.24) is 10.2 Å². The van der Waals surface area contributed by atoms with Gasteiger partial charge in [-0.15, -0.1) is 0 Å². The van der Waals surface area contributed by atoms with Gasteiger partial charge in [0.25, 0.3) is 0 Å². The topological polar surface area (TPSA) is 69.3 Å². The highest BCUT2D eigenvalue weighted by Gasteiger charge is 2.66. The molecule has 168 valence electrons. The Hall–Kier alpha value is -0.730. The van der Waals surface area contributed by atoms with Crippen LogP contribution in [0.5, 0.6) is 0 Å². The fourth-order valence-corrected chi connectivity index (χ4v) is 7.39. The second-order valence-electron chi connectivity index (χ2n) is 10.8. The predicted octanol–water partition coefficient (Wildman–Crippen LogP) is 2.45. The van der Waals surface area contributed by atoms with E-state index in [0.717, 1.165) is 70.4 Å². The standard InChI is InChI=1S/C23H36N2O5/c26-21(15-25-5-7-27-8-6-25)24-14-16-1-3-22(4-2-16)28-23(30-29-22)19-10-17-9-18(12-19)13-20(23)11-17/h16-20H,1-15H2,(H,24,26)/t16-,17?,18?,19?,20?,22+,23-. The van der Waals surface area contributed by atoms with Crippen LogP contribution in [0.1, 0.15) is 57.8 Å². The first-order valence-corrected chi connectivity index (χ1v) is 12.3. The molecular formula is C23H36N2O5. The lowest BCUT2D eigenvalue weighted by Gasteiger charge is -2.57. The van der Waals surface area contributed by atoms with Crippen LogP contribution in [0.3, 0.4) is 0 Å². The summed E-state index contributed by atoms with van der Waals surface area (Å²) >= 11 is 0. The number of carbonyl (C=O) groups is 1. The van der Waals surface area contributed by atoms with Gasteiger partial charge in [-0.05, 0) is 62.7 Å². The minimum absolute atomic E-state index is 0.126. The fourth-order valence-electron chi connectivity index (χ4n) is 7.39. The zero-order chi connectivity index (χ0) is 20.2. The van der Waals surface area contributed by atoms with Crippen LogP contribution >= 0.6 is 0 Å². The maximum atomic E-state index is 12.3. The molecule has 5 aliphatic carbocycles.